The monoisotopic (exact) mass is 333 g/mol. The lowest BCUT2D eigenvalue weighted by atomic mass is 10.0. The van der Waals surface area contributed by atoms with Gasteiger partial charge in [-0.3, -0.25) is 4.98 Å². The number of nitriles is 1. The van der Waals surface area contributed by atoms with Crippen LogP contribution in [-0.2, 0) is 0 Å². The molecule has 0 aliphatic heterocycles. The Bertz CT molecular complexity index is 675. The second-order valence-electron chi connectivity index (χ2n) is 3.74. The molecule has 0 unspecified atom stereocenters. The third kappa shape index (κ3) is 2.78. The summed E-state index contributed by atoms with van der Waals surface area (Å²) in [6.07, 6.45) is 3.23. The first-order valence-electron chi connectivity index (χ1n) is 5.39. The van der Waals surface area contributed by atoms with Crippen LogP contribution in [0.2, 0.25) is 5.02 Å². The Morgan fingerprint density at radius 1 is 1.32 bits per heavy atom. The molecule has 0 spiro atoms. The van der Waals surface area contributed by atoms with Gasteiger partial charge >= 0.3 is 0 Å². The lowest BCUT2D eigenvalue weighted by Gasteiger charge is -2.09. The van der Waals surface area contributed by atoms with Crippen molar-refractivity contribution in [1.29, 1.82) is 5.26 Å². The topological polar surface area (TPSA) is 62.7 Å². The van der Waals surface area contributed by atoms with Crippen LogP contribution in [0.1, 0.15) is 11.1 Å². The fourth-order valence-corrected chi connectivity index (χ4v) is 2.23. The van der Waals surface area contributed by atoms with Crippen LogP contribution in [0.15, 0.2) is 47.2 Å². The Balaban J connectivity index is 2.63. The third-order valence-corrected chi connectivity index (χ3v) is 3.87. The summed E-state index contributed by atoms with van der Waals surface area (Å²) in [6, 6.07) is 11.0. The minimum absolute atomic E-state index is 0.335. The maximum absolute atomic E-state index is 9.30. The molecular formula is C14H9BrClN3. The molecule has 0 bridgehead atoms. The van der Waals surface area contributed by atoms with Gasteiger partial charge in [0.1, 0.15) is 6.07 Å². The van der Waals surface area contributed by atoms with Crippen molar-refractivity contribution < 1.29 is 0 Å². The van der Waals surface area contributed by atoms with Gasteiger partial charge in [0.05, 0.1) is 16.3 Å². The SMILES string of the molecule is N#C/C(=C(/N)c1cccc(Br)c1Cl)c1cccnc1. The van der Waals surface area contributed by atoms with Crippen LogP contribution in [0, 0.1) is 11.3 Å². The Morgan fingerprint density at radius 2 is 2.11 bits per heavy atom. The van der Waals surface area contributed by atoms with E-state index in [0.717, 1.165) is 4.47 Å². The molecule has 0 radical (unpaired) electrons. The van der Waals surface area contributed by atoms with Gasteiger partial charge in [-0.25, -0.2) is 0 Å². The predicted molar refractivity (Wildman–Crippen MR) is 80.0 cm³/mol. The van der Waals surface area contributed by atoms with E-state index in [4.69, 9.17) is 17.3 Å². The summed E-state index contributed by atoms with van der Waals surface area (Å²) in [5, 5.41) is 9.78. The fraction of sp³-hybridized carbons (Fsp3) is 0. The summed E-state index contributed by atoms with van der Waals surface area (Å²) in [4.78, 5) is 3.99. The number of nitrogens with two attached hydrogens (primary N) is 1. The van der Waals surface area contributed by atoms with Crippen molar-refractivity contribution in [3.05, 3.63) is 63.3 Å². The summed E-state index contributed by atoms with van der Waals surface area (Å²) in [5.41, 5.74) is 8.05. The van der Waals surface area contributed by atoms with E-state index < -0.39 is 0 Å². The van der Waals surface area contributed by atoms with Gasteiger partial charge in [-0.05, 0) is 28.1 Å². The van der Waals surface area contributed by atoms with E-state index in [-0.39, 0.29) is 0 Å². The highest BCUT2D eigenvalue weighted by atomic mass is 79.9. The summed E-state index contributed by atoms with van der Waals surface area (Å²) < 4.78 is 0.734. The summed E-state index contributed by atoms with van der Waals surface area (Å²) in [5.74, 6) is 0. The van der Waals surface area contributed by atoms with Crippen LogP contribution in [0.4, 0.5) is 0 Å². The number of nitrogens with zero attached hydrogens (tertiary/aromatic N) is 2. The zero-order valence-electron chi connectivity index (χ0n) is 9.77. The Kier molecular flexibility index (Phi) is 4.20. The van der Waals surface area contributed by atoms with E-state index in [1.54, 1.807) is 30.6 Å². The number of benzene rings is 1. The van der Waals surface area contributed by atoms with Crippen molar-refractivity contribution in [2.45, 2.75) is 0 Å². The maximum atomic E-state index is 9.30. The van der Waals surface area contributed by atoms with Crippen LogP contribution in [0.3, 0.4) is 0 Å². The van der Waals surface area contributed by atoms with E-state index in [1.807, 2.05) is 12.1 Å². The van der Waals surface area contributed by atoms with Crippen molar-refractivity contribution in [3.8, 4) is 6.07 Å². The maximum Gasteiger partial charge on any atom is 0.102 e. The van der Waals surface area contributed by atoms with Gasteiger partial charge in [-0.1, -0.05) is 29.8 Å². The van der Waals surface area contributed by atoms with Crippen LogP contribution >= 0.6 is 27.5 Å². The van der Waals surface area contributed by atoms with Crippen molar-refractivity contribution >= 4 is 38.8 Å². The Hall–Kier alpha value is -1.83. The van der Waals surface area contributed by atoms with Gasteiger partial charge in [0.25, 0.3) is 0 Å². The average Bonchev–Trinajstić information content (AvgIpc) is 2.44. The molecule has 94 valence electrons. The summed E-state index contributed by atoms with van der Waals surface area (Å²) in [7, 11) is 0. The molecular weight excluding hydrogens is 326 g/mol. The second-order valence-corrected chi connectivity index (χ2v) is 4.98. The highest BCUT2D eigenvalue weighted by Gasteiger charge is 2.12. The first-order valence-corrected chi connectivity index (χ1v) is 6.57. The normalized spacial score (nSPS) is 11.6. The number of aromatic nitrogens is 1. The number of halogens is 2. The van der Waals surface area contributed by atoms with E-state index in [1.165, 1.54) is 0 Å². The van der Waals surface area contributed by atoms with E-state index in [9.17, 15) is 5.26 Å². The van der Waals surface area contributed by atoms with Crippen LogP contribution < -0.4 is 5.73 Å². The molecule has 2 N–H and O–H groups in total. The molecule has 0 aliphatic rings. The van der Waals surface area contributed by atoms with Gasteiger partial charge in [0, 0.05) is 28.0 Å². The van der Waals surface area contributed by atoms with Gasteiger partial charge < -0.3 is 5.73 Å². The Labute approximate surface area is 124 Å². The van der Waals surface area contributed by atoms with Crippen molar-refractivity contribution in [2.75, 3.05) is 0 Å². The smallest absolute Gasteiger partial charge is 0.102 e. The highest BCUT2D eigenvalue weighted by Crippen LogP contribution is 2.31. The van der Waals surface area contributed by atoms with Crippen LogP contribution in [0.5, 0.6) is 0 Å². The Morgan fingerprint density at radius 3 is 2.74 bits per heavy atom. The van der Waals surface area contributed by atoms with Gasteiger partial charge in [-0.2, -0.15) is 5.26 Å². The molecule has 2 aromatic rings. The van der Waals surface area contributed by atoms with Gasteiger partial charge in [-0.15, -0.1) is 0 Å². The second kappa shape index (κ2) is 5.87. The first kappa shape index (κ1) is 13.6. The summed E-state index contributed by atoms with van der Waals surface area (Å²) in [6.45, 7) is 0. The fourth-order valence-electron chi connectivity index (χ4n) is 1.64. The molecule has 0 saturated heterocycles. The van der Waals surface area contributed by atoms with Gasteiger partial charge in [0.2, 0.25) is 0 Å². The predicted octanol–water partition coefficient (Wildman–Crippen LogP) is 3.85. The largest absolute Gasteiger partial charge is 0.397 e. The number of allylic oxidation sites excluding steroid dienone is 1. The van der Waals surface area contributed by atoms with Gasteiger partial charge in [0.15, 0.2) is 0 Å². The molecule has 0 aliphatic carbocycles. The molecule has 5 heteroatoms. The van der Waals surface area contributed by atoms with Crippen LogP contribution in [0.25, 0.3) is 11.3 Å². The number of hydrogen-bond donors (Lipinski definition) is 1. The molecule has 1 aromatic carbocycles. The van der Waals surface area contributed by atoms with E-state index in [2.05, 4.69) is 27.0 Å². The molecule has 0 atom stereocenters. The zero-order chi connectivity index (χ0) is 13.8. The van der Waals surface area contributed by atoms with Crippen LogP contribution in [-0.4, -0.2) is 4.98 Å². The van der Waals surface area contributed by atoms with Crippen molar-refractivity contribution in [1.82, 2.24) is 4.98 Å². The molecule has 19 heavy (non-hydrogen) atoms. The number of rotatable bonds is 2. The van der Waals surface area contributed by atoms with E-state index >= 15 is 0 Å². The minimum atomic E-state index is 0.335. The lowest BCUT2D eigenvalue weighted by Crippen LogP contribution is -2.02. The molecule has 1 aromatic heterocycles. The average molecular weight is 335 g/mol. The van der Waals surface area contributed by atoms with Crippen molar-refractivity contribution in [3.63, 3.8) is 0 Å². The molecule has 0 fully saturated rings. The number of hydrogen-bond acceptors (Lipinski definition) is 3. The lowest BCUT2D eigenvalue weighted by molar-refractivity contribution is 1.31. The molecule has 0 amide bonds. The van der Waals surface area contributed by atoms with Crippen molar-refractivity contribution in [2.24, 2.45) is 5.73 Å². The van der Waals surface area contributed by atoms with E-state index in [0.29, 0.717) is 27.4 Å². The quantitative estimate of drug-likeness (QED) is 0.849. The summed E-state index contributed by atoms with van der Waals surface area (Å²) >= 11 is 9.53. The molecule has 2 rings (SSSR count). The molecule has 0 saturated carbocycles. The molecule has 1 heterocycles. The first-order chi connectivity index (χ1) is 9.15. The number of pyridine rings is 1. The molecule has 3 nitrogen and oxygen atoms in total. The minimum Gasteiger partial charge on any atom is -0.397 e. The third-order valence-electron chi connectivity index (χ3n) is 2.57. The standard InChI is InChI=1S/C14H9BrClN3/c15-12-5-1-4-10(13(12)16)14(18)11(7-17)9-3-2-6-19-8-9/h1-6,8H,18H2/b14-11-. The zero-order valence-corrected chi connectivity index (χ0v) is 12.1. The highest BCUT2D eigenvalue weighted by molar-refractivity contribution is 9.10.